The van der Waals surface area contributed by atoms with Crippen LogP contribution in [0.3, 0.4) is 0 Å². The number of carbonyl (C=O) groups excluding carboxylic acids is 1. The molecule has 2 fully saturated rings. The van der Waals surface area contributed by atoms with E-state index >= 15 is 0 Å². The van der Waals surface area contributed by atoms with E-state index in [0.29, 0.717) is 5.91 Å². The highest BCUT2D eigenvalue weighted by molar-refractivity contribution is 8.00. The number of nitrogens with one attached hydrogen (secondary N) is 1. The Balaban J connectivity index is 1.81. The molecule has 1 N–H and O–H groups in total. The van der Waals surface area contributed by atoms with Crippen LogP contribution in [-0.4, -0.2) is 33.9 Å². The summed E-state index contributed by atoms with van der Waals surface area (Å²) in [5, 5.41) is 7.82. The number of rotatable bonds is 5. The Bertz CT molecular complexity index is 482. The molecule has 21 heavy (non-hydrogen) atoms. The van der Waals surface area contributed by atoms with Crippen molar-refractivity contribution in [1.82, 2.24) is 10.2 Å². The van der Waals surface area contributed by atoms with Crippen LogP contribution in [0.5, 0.6) is 0 Å². The van der Waals surface area contributed by atoms with Crippen LogP contribution in [-0.2, 0) is 4.79 Å². The highest BCUT2D eigenvalue weighted by Crippen LogP contribution is 2.41. The minimum absolute atomic E-state index is 0.00472. The second-order valence-electron chi connectivity index (χ2n) is 6.34. The van der Waals surface area contributed by atoms with Crippen LogP contribution in [0.1, 0.15) is 51.3 Å². The zero-order chi connectivity index (χ0) is 14.9. The topological polar surface area (TPSA) is 32.3 Å². The van der Waals surface area contributed by atoms with Crippen molar-refractivity contribution in [2.24, 2.45) is 0 Å². The van der Waals surface area contributed by atoms with Crippen LogP contribution in [0.25, 0.3) is 0 Å². The van der Waals surface area contributed by atoms with E-state index in [1.807, 2.05) is 11.8 Å². The number of nitrogens with zero attached hydrogens (tertiary/aromatic N) is 1. The van der Waals surface area contributed by atoms with Gasteiger partial charge >= 0.3 is 0 Å². The molecular formula is C16H24N2OS2. The maximum Gasteiger partial charge on any atom is 0.241 e. The molecule has 2 aliphatic heterocycles. The predicted octanol–water partition coefficient (Wildman–Crippen LogP) is 3.63. The van der Waals surface area contributed by atoms with Crippen molar-refractivity contribution in [3.8, 4) is 0 Å². The van der Waals surface area contributed by atoms with Gasteiger partial charge in [-0.3, -0.25) is 10.1 Å². The molecule has 3 heterocycles. The average Bonchev–Trinajstić information content (AvgIpc) is 3.17. The van der Waals surface area contributed by atoms with Crippen LogP contribution in [0.15, 0.2) is 16.8 Å². The van der Waals surface area contributed by atoms with Gasteiger partial charge in [-0.2, -0.15) is 23.1 Å². The summed E-state index contributed by atoms with van der Waals surface area (Å²) < 4.78 is 0.229. The lowest BCUT2D eigenvalue weighted by Crippen LogP contribution is -2.40. The second kappa shape index (κ2) is 6.31. The van der Waals surface area contributed by atoms with Gasteiger partial charge < -0.3 is 4.90 Å². The molecule has 0 aromatic carbocycles. The fourth-order valence-corrected chi connectivity index (χ4v) is 5.35. The van der Waals surface area contributed by atoms with Gasteiger partial charge in [0.25, 0.3) is 0 Å². The molecule has 5 heteroatoms. The molecule has 3 atom stereocenters. The van der Waals surface area contributed by atoms with Crippen LogP contribution in [0.4, 0.5) is 0 Å². The standard InChI is InChI=1S/C16H24N2OS2/c1-3-5-13-15(19)18(11-16(2)7-4-8-21-16)14(17-13)12-6-9-20-10-12/h6,9-10,13-14,17H,3-5,7-8,11H2,1-2H3. The molecule has 0 spiro atoms. The summed E-state index contributed by atoms with van der Waals surface area (Å²) in [5.41, 5.74) is 1.23. The SMILES string of the molecule is CCCC1NC(c2ccsc2)N(CC2(C)CCCS2)C1=O. The number of hydrogen-bond donors (Lipinski definition) is 1. The van der Waals surface area contributed by atoms with E-state index in [2.05, 4.69) is 40.9 Å². The smallest absolute Gasteiger partial charge is 0.241 e. The van der Waals surface area contributed by atoms with E-state index in [9.17, 15) is 4.79 Å². The van der Waals surface area contributed by atoms with E-state index < -0.39 is 0 Å². The monoisotopic (exact) mass is 324 g/mol. The zero-order valence-electron chi connectivity index (χ0n) is 12.8. The zero-order valence-corrected chi connectivity index (χ0v) is 14.4. The largest absolute Gasteiger partial charge is 0.320 e. The molecule has 3 nitrogen and oxygen atoms in total. The van der Waals surface area contributed by atoms with E-state index in [0.717, 1.165) is 19.4 Å². The molecule has 3 unspecified atom stereocenters. The molecule has 1 aromatic heterocycles. The molecule has 1 aromatic rings. The van der Waals surface area contributed by atoms with Gasteiger partial charge in [0.05, 0.1) is 6.04 Å². The molecule has 0 radical (unpaired) electrons. The summed E-state index contributed by atoms with van der Waals surface area (Å²) >= 11 is 3.73. The summed E-state index contributed by atoms with van der Waals surface area (Å²) in [7, 11) is 0. The Morgan fingerprint density at radius 3 is 3.00 bits per heavy atom. The molecule has 1 amide bonds. The summed E-state index contributed by atoms with van der Waals surface area (Å²) in [6, 6.07) is 2.14. The Labute approximate surface area is 135 Å². The van der Waals surface area contributed by atoms with E-state index in [-0.39, 0.29) is 17.0 Å². The summed E-state index contributed by atoms with van der Waals surface area (Å²) in [4.78, 5) is 14.9. The third kappa shape index (κ3) is 3.15. The summed E-state index contributed by atoms with van der Waals surface area (Å²) in [6.07, 6.45) is 4.53. The van der Waals surface area contributed by atoms with Crippen molar-refractivity contribution < 1.29 is 4.79 Å². The van der Waals surface area contributed by atoms with Gasteiger partial charge in [-0.25, -0.2) is 0 Å². The first-order chi connectivity index (χ1) is 10.1. The molecule has 3 rings (SSSR count). The molecule has 0 saturated carbocycles. The lowest BCUT2D eigenvalue weighted by molar-refractivity contribution is -0.130. The Morgan fingerprint density at radius 1 is 1.52 bits per heavy atom. The Kier molecular flexibility index (Phi) is 4.62. The lowest BCUT2D eigenvalue weighted by atomic mass is 10.0. The van der Waals surface area contributed by atoms with Crippen LogP contribution >= 0.6 is 23.1 Å². The van der Waals surface area contributed by atoms with Gasteiger partial charge in [-0.1, -0.05) is 13.3 Å². The van der Waals surface area contributed by atoms with Crippen LogP contribution in [0.2, 0.25) is 0 Å². The van der Waals surface area contributed by atoms with Crippen molar-refractivity contribution in [3.63, 3.8) is 0 Å². The molecule has 0 bridgehead atoms. The molecule has 0 aliphatic carbocycles. The first-order valence-electron chi connectivity index (χ1n) is 7.85. The Morgan fingerprint density at radius 2 is 2.38 bits per heavy atom. The van der Waals surface area contributed by atoms with Crippen molar-refractivity contribution in [3.05, 3.63) is 22.4 Å². The molecule has 116 valence electrons. The molecule has 2 aliphatic rings. The van der Waals surface area contributed by atoms with Crippen molar-refractivity contribution in [1.29, 1.82) is 0 Å². The molecular weight excluding hydrogens is 300 g/mol. The summed E-state index contributed by atoms with van der Waals surface area (Å²) in [6.45, 7) is 5.32. The fourth-order valence-electron chi connectivity index (χ4n) is 3.37. The van der Waals surface area contributed by atoms with Gasteiger partial charge in [0, 0.05) is 11.3 Å². The van der Waals surface area contributed by atoms with Crippen molar-refractivity contribution >= 4 is 29.0 Å². The van der Waals surface area contributed by atoms with Gasteiger partial charge in [0.2, 0.25) is 5.91 Å². The van der Waals surface area contributed by atoms with Crippen molar-refractivity contribution in [2.75, 3.05) is 12.3 Å². The predicted molar refractivity (Wildman–Crippen MR) is 90.7 cm³/mol. The van der Waals surface area contributed by atoms with E-state index in [4.69, 9.17) is 0 Å². The third-order valence-corrected chi connectivity index (χ3v) is 6.72. The quantitative estimate of drug-likeness (QED) is 0.897. The first-order valence-corrected chi connectivity index (χ1v) is 9.78. The van der Waals surface area contributed by atoms with Gasteiger partial charge in [0.15, 0.2) is 0 Å². The van der Waals surface area contributed by atoms with Gasteiger partial charge in [-0.15, -0.1) is 0 Å². The van der Waals surface area contributed by atoms with Crippen molar-refractivity contribution in [2.45, 2.75) is 56.5 Å². The minimum atomic E-state index is -0.00472. The number of thioether (sulfide) groups is 1. The van der Waals surface area contributed by atoms with Crippen LogP contribution < -0.4 is 5.32 Å². The second-order valence-corrected chi connectivity index (χ2v) is 8.80. The average molecular weight is 325 g/mol. The highest BCUT2D eigenvalue weighted by atomic mass is 32.2. The summed E-state index contributed by atoms with van der Waals surface area (Å²) in [5.74, 6) is 1.52. The van der Waals surface area contributed by atoms with E-state index in [1.54, 1.807) is 11.3 Å². The lowest BCUT2D eigenvalue weighted by Gasteiger charge is -2.32. The van der Waals surface area contributed by atoms with Gasteiger partial charge in [0.1, 0.15) is 6.17 Å². The van der Waals surface area contributed by atoms with Gasteiger partial charge in [-0.05, 0) is 54.3 Å². The number of hydrogen-bond acceptors (Lipinski definition) is 4. The fraction of sp³-hybridized carbons (Fsp3) is 0.688. The first kappa shape index (κ1) is 15.4. The third-order valence-electron chi connectivity index (χ3n) is 4.49. The number of amides is 1. The Hall–Kier alpha value is -0.520. The minimum Gasteiger partial charge on any atom is -0.320 e. The maximum atomic E-state index is 12.8. The maximum absolute atomic E-state index is 12.8. The normalized spacial score (nSPS) is 33.0. The molecule has 2 saturated heterocycles. The van der Waals surface area contributed by atoms with Crippen LogP contribution in [0, 0.1) is 0 Å². The highest BCUT2D eigenvalue weighted by Gasteiger charge is 2.43. The number of thiophene rings is 1. The van der Waals surface area contributed by atoms with E-state index in [1.165, 1.54) is 24.2 Å². The number of carbonyl (C=O) groups is 1.